The minimum absolute atomic E-state index is 0.144. The Kier molecular flexibility index (Phi) is 7.24. The zero-order valence-electron chi connectivity index (χ0n) is 17.8. The molecule has 2 amide bonds. The Morgan fingerprint density at radius 3 is 2.21 bits per heavy atom. The highest BCUT2D eigenvalue weighted by molar-refractivity contribution is 5.92. The minimum Gasteiger partial charge on any atom is -0.341 e. The maximum Gasteiger partial charge on any atom is 0.238 e. The van der Waals surface area contributed by atoms with Crippen molar-refractivity contribution in [3.05, 3.63) is 29.6 Å². The summed E-state index contributed by atoms with van der Waals surface area (Å²) in [4.78, 5) is 31.2. The molecule has 3 rings (SSSR count). The second-order valence-electron chi connectivity index (χ2n) is 8.81. The molecule has 0 bridgehead atoms. The smallest absolute Gasteiger partial charge is 0.238 e. The number of aryl methyl sites for hydroxylation is 1. The fourth-order valence-electron chi connectivity index (χ4n) is 4.34. The Bertz CT molecular complexity index is 724. The van der Waals surface area contributed by atoms with Crippen molar-refractivity contribution in [1.82, 2.24) is 14.7 Å². The number of benzene rings is 1. The highest BCUT2D eigenvalue weighted by Crippen LogP contribution is 2.21. The number of piperazine rings is 1. The van der Waals surface area contributed by atoms with Crippen LogP contribution in [0.3, 0.4) is 0 Å². The summed E-state index contributed by atoms with van der Waals surface area (Å²) in [5.74, 6) is 0.892. The van der Waals surface area contributed by atoms with Crippen molar-refractivity contribution in [1.29, 1.82) is 0 Å². The quantitative estimate of drug-likeness (QED) is 0.818. The van der Waals surface area contributed by atoms with E-state index in [4.69, 9.17) is 0 Å². The average molecular weight is 405 g/mol. The van der Waals surface area contributed by atoms with Gasteiger partial charge in [-0.1, -0.05) is 19.9 Å². The van der Waals surface area contributed by atoms with Gasteiger partial charge in [-0.3, -0.25) is 19.4 Å². The van der Waals surface area contributed by atoms with Crippen molar-refractivity contribution in [3.63, 3.8) is 0 Å². The van der Waals surface area contributed by atoms with Gasteiger partial charge in [0, 0.05) is 45.0 Å². The van der Waals surface area contributed by atoms with Crippen molar-refractivity contribution < 1.29 is 14.0 Å². The van der Waals surface area contributed by atoms with Crippen molar-refractivity contribution in [2.24, 2.45) is 11.8 Å². The molecule has 2 aliphatic heterocycles. The molecule has 2 saturated heterocycles. The molecule has 0 radical (unpaired) electrons. The van der Waals surface area contributed by atoms with E-state index in [1.54, 1.807) is 19.1 Å². The third-order valence-corrected chi connectivity index (χ3v) is 5.87. The number of hydrogen-bond donors (Lipinski definition) is 1. The second-order valence-corrected chi connectivity index (χ2v) is 8.81. The Morgan fingerprint density at radius 2 is 1.62 bits per heavy atom. The number of halogens is 1. The van der Waals surface area contributed by atoms with Crippen LogP contribution in [0.4, 0.5) is 10.1 Å². The molecule has 1 aromatic rings. The van der Waals surface area contributed by atoms with Gasteiger partial charge in [0.1, 0.15) is 5.82 Å². The molecule has 0 aliphatic carbocycles. The highest BCUT2D eigenvalue weighted by atomic mass is 19.1. The molecular weight excluding hydrogens is 371 g/mol. The topological polar surface area (TPSA) is 55.9 Å². The van der Waals surface area contributed by atoms with E-state index in [1.807, 2.05) is 4.90 Å². The highest BCUT2D eigenvalue weighted by Gasteiger charge is 2.27. The van der Waals surface area contributed by atoms with Crippen molar-refractivity contribution in [3.8, 4) is 0 Å². The van der Waals surface area contributed by atoms with Gasteiger partial charge in [0.25, 0.3) is 0 Å². The van der Waals surface area contributed by atoms with Crippen LogP contribution in [0.1, 0.15) is 25.8 Å². The number of piperidine rings is 1. The van der Waals surface area contributed by atoms with Crippen molar-refractivity contribution in [2.75, 3.05) is 57.7 Å². The molecule has 2 atom stereocenters. The molecule has 7 heteroatoms. The normalized spacial score (nSPS) is 23.8. The number of hydrogen-bond acceptors (Lipinski definition) is 4. The minimum atomic E-state index is -0.321. The van der Waals surface area contributed by atoms with E-state index in [-0.39, 0.29) is 24.2 Å². The second kappa shape index (κ2) is 9.67. The van der Waals surface area contributed by atoms with Gasteiger partial charge >= 0.3 is 0 Å². The predicted octanol–water partition coefficient (Wildman–Crippen LogP) is 2.19. The zero-order valence-corrected chi connectivity index (χ0v) is 17.8. The van der Waals surface area contributed by atoms with E-state index in [2.05, 4.69) is 29.0 Å². The summed E-state index contributed by atoms with van der Waals surface area (Å²) >= 11 is 0. The van der Waals surface area contributed by atoms with E-state index in [1.165, 1.54) is 12.5 Å². The fourth-order valence-corrected chi connectivity index (χ4v) is 4.34. The fraction of sp³-hybridized carbons (Fsp3) is 0.636. The van der Waals surface area contributed by atoms with E-state index < -0.39 is 0 Å². The number of nitrogens with zero attached hydrogens (tertiary/aromatic N) is 3. The van der Waals surface area contributed by atoms with Crippen LogP contribution in [0.2, 0.25) is 0 Å². The summed E-state index contributed by atoms with van der Waals surface area (Å²) in [6.07, 6.45) is 1.19. The van der Waals surface area contributed by atoms with Gasteiger partial charge in [0.2, 0.25) is 11.8 Å². The zero-order chi connectivity index (χ0) is 21.0. The number of carbonyl (C=O) groups is 2. The van der Waals surface area contributed by atoms with Crippen LogP contribution in [0.5, 0.6) is 0 Å². The SMILES string of the molecule is Cc1ccc(NC(=O)CN2CCN(CC(=O)N3C[C@H](C)C[C@H](C)C3)CC2)cc1F. The van der Waals surface area contributed by atoms with Crippen LogP contribution in [-0.4, -0.2) is 78.9 Å². The standard InChI is InChI=1S/C22H33FN4O2/c1-16-10-17(2)13-27(12-16)22(29)15-26-8-6-25(7-9-26)14-21(28)24-19-5-4-18(3)20(23)11-19/h4-5,11,16-17H,6-10,12-15H2,1-3H3,(H,24,28)/t16-,17+. The molecule has 6 nitrogen and oxygen atoms in total. The summed E-state index contributed by atoms with van der Waals surface area (Å²) in [6.45, 7) is 11.6. The van der Waals surface area contributed by atoms with Crippen LogP contribution in [0, 0.1) is 24.6 Å². The lowest BCUT2D eigenvalue weighted by Crippen LogP contribution is -2.52. The number of likely N-dealkylation sites (tertiary alicyclic amines) is 1. The van der Waals surface area contributed by atoms with Gasteiger partial charge in [-0.05, 0) is 42.9 Å². The van der Waals surface area contributed by atoms with Gasteiger partial charge in [-0.25, -0.2) is 4.39 Å². The predicted molar refractivity (Wildman–Crippen MR) is 112 cm³/mol. The number of nitrogens with one attached hydrogen (secondary N) is 1. The molecule has 2 aliphatic rings. The molecule has 0 unspecified atom stereocenters. The Morgan fingerprint density at radius 1 is 1.03 bits per heavy atom. The summed E-state index contributed by atoms with van der Waals surface area (Å²) in [5.41, 5.74) is 1.04. The lowest BCUT2D eigenvalue weighted by atomic mass is 9.92. The van der Waals surface area contributed by atoms with Gasteiger partial charge in [-0.2, -0.15) is 0 Å². The third kappa shape index (κ3) is 6.24. The van der Waals surface area contributed by atoms with Crippen molar-refractivity contribution >= 4 is 17.5 Å². The number of rotatable bonds is 5. The molecule has 1 N–H and O–H groups in total. The molecular formula is C22H33FN4O2. The summed E-state index contributed by atoms with van der Waals surface area (Å²) in [6, 6.07) is 4.71. The monoisotopic (exact) mass is 404 g/mol. The molecule has 2 fully saturated rings. The van der Waals surface area contributed by atoms with E-state index in [0.717, 1.165) is 39.3 Å². The van der Waals surface area contributed by atoms with Gasteiger partial charge < -0.3 is 10.2 Å². The van der Waals surface area contributed by atoms with Gasteiger partial charge in [0.15, 0.2) is 0 Å². The lowest BCUT2D eigenvalue weighted by Gasteiger charge is -2.38. The summed E-state index contributed by atoms with van der Waals surface area (Å²) in [5, 5.41) is 2.76. The molecule has 160 valence electrons. The van der Waals surface area contributed by atoms with E-state index >= 15 is 0 Å². The third-order valence-electron chi connectivity index (χ3n) is 5.87. The molecule has 0 aromatic heterocycles. The molecule has 0 spiro atoms. The first-order valence-corrected chi connectivity index (χ1v) is 10.6. The first-order valence-electron chi connectivity index (χ1n) is 10.6. The Hall–Kier alpha value is -1.99. The molecule has 29 heavy (non-hydrogen) atoms. The summed E-state index contributed by atoms with van der Waals surface area (Å²) in [7, 11) is 0. The van der Waals surface area contributed by atoms with Crippen molar-refractivity contribution in [2.45, 2.75) is 27.2 Å². The van der Waals surface area contributed by atoms with Crippen LogP contribution >= 0.6 is 0 Å². The van der Waals surface area contributed by atoms with E-state index in [9.17, 15) is 14.0 Å². The van der Waals surface area contributed by atoms with E-state index in [0.29, 0.717) is 29.6 Å². The largest absolute Gasteiger partial charge is 0.341 e. The number of anilines is 1. The first kappa shape index (κ1) is 21.7. The Balaban J connectivity index is 1.40. The number of amides is 2. The lowest BCUT2D eigenvalue weighted by molar-refractivity contribution is -0.135. The summed E-state index contributed by atoms with van der Waals surface area (Å²) < 4.78 is 13.6. The van der Waals surface area contributed by atoms with Gasteiger partial charge in [-0.15, -0.1) is 0 Å². The molecule has 0 saturated carbocycles. The van der Waals surface area contributed by atoms with Crippen LogP contribution in [0.25, 0.3) is 0 Å². The van der Waals surface area contributed by atoms with Gasteiger partial charge in [0.05, 0.1) is 13.1 Å². The van der Waals surface area contributed by atoms with Crippen LogP contribution in [0.15, 0.2) is 18.2 Å². The maximum absolute atomic E-state index is 13.6. The molecule has 2 heterocycles. The first-order chi connectivity index (χ1) is 13.8. The average Bonchev–Trinajstić information content (AvgIpc) is 2.65. The number of carbonyl (C=O) groups excluding carboxylic acids is 2. The van der Waals surface area contributed by atoms with Crippen LogP contribution in [-0.2, 0) is 9.59 Å². The molecule has 1 aromatic carbocycles. The Labute approximate surface area is 173 Å². The maximum atomic E-state index is 13.6. The van der Waals surface area contributed by atoms with Crippen LogP contribution < -0.4 is 5.32 Å².